The summed E-state index contributed by atoms with van der Waals surface area (Å²) in [5, 5.41) is 11.1. The van der Waals surface area contributed by atoms with Gasteiger partial charge in [-0.3, -0.25) is 4.79 Å². The predicted molar refractivity (Wildman–Crippen MR) is 102 cm³/mol. The molecule has 0 aliphatic carbocycles. The van der Waals surface area contributed by atoms with Crippen molar-refractivity contribution in [2.75, 3.05) is 11.4 Å². The van der Waals surface area contributed by atoms with Crippen molar-refractivity contribution in [2.45, 2.75) is 20.3 Å². The Hall–Kier alpha value is -3.12. The lowest BCUT2D eigenvalue weighted by Gasteiger charge is -2.23. The number of amides is 1. The molecule has 0 fully saturated rings. The number of anilines is 1. The fraction of sp³-hybridized carbons (Fsp3) is 0.182. The first-order valence-corrected chi connectivity index (χ1v) is 8.35. The van der Waals surface area contributed by atoms with Gasteiger partial charge >= 0.3 is 0 Å². The normalized spacial score (nSPS) is 10.4. The van der Waals surface area contributed by atoms with E-state index in [2.05, 4.69) is 6.07 Å². The van der Waals surface area contributed by atoms with Gasteiger partial charge in [-0.05, 0) is 60.0 Å². The van der Waals surface area contributed by atoms with Crippen LogP contribution in [-0.2, 0) is 0 Å². The molecule has 1 amide bonds. The summed E-state index contributed by atoms with van der Waals surface area (Å²) in [6, 6.07) is 21.8. The third-order valence-electron chi connectivity index (χ3n) is 4.49. The molecule has 0 radical (unpaired) electrons. The van der Waals surface area contributed by atoms with Crippen molar-refractivity contribution >= 4 is 22.4 Å². The van der Waals surface area contributed by atoms with Crippen LogP contribution in [0.25, 0.3) is 10.8 Å². The van der Waals surface area contributed by atoms with Gasteiger partial charge in [0.05, 0.1) is 12.5 Å². The number of nitrogens with zero attached hydrogens (tertiary/aromatic N) is 2. The van der Waals surface area contributed by atoms with Crippen LogP contribution in [0, 0.1) is 25.2 Å². The molecule has 3 nitrogen and oxygen atoms in total. The SMILES string of the molecule is Cc1ccc(N(CCC#N)C(=O)c2ccc3ccccc3c2)cc1C. The Kier molecular flexibility index (Phi) is 4.81. The maximum atomic E-state index is 13.1. The Labute approximate surface area is 148 Å². The molecule has 0 aromatic heterocycles. The highest BCUT2D eigenvalue weighted by Gasteiger charge is 2.18. The van der Waals surface area contributed by atoms with Gasteiger partial charge in [0.1, 0.15) is 0 Å². The molecule has 124 valence electrons. The second-order valence-corrected chi connectivity index (χ2v) is 6.20. The fourth-order valence-electron chi connectivity index (χ4n) is 2.88. The first kappa shape index (κ1) is 16.7. The minimum absolute atomic E-state index is 0.0794. The van der Waals surface area contributed by atoms with Crippen LogP contribution >= 0.6 is 0 Å². The lowest BCUT2D eigenvalue weighted by Crippen LogP contribution is -2.31. The van der Waals surface area contributed by atoms with Crippen molar-refractivity contribution in [3.8, 4) is 6.07 Å². The van der Waals surface area contributed by atoms with Crippen LogP contribution in [0.2, 0.25) is 0 Å². The van der Waals surface area contributed by atoms with E-state index in [0.29, 0.717) is 18.5 Å². The van der Waals surface area contributed by atoms with E-state index in [9.17, 15) is 4.79 Å². The van der Waals surface area contributed by atoms with Crippen LogP contribution in [0.1, 0.15) is 27.9 Å². The number of rotatable bonds is 4. The molecule has 0 saturated heterocycles. The van der Waals surface area contributed by atoms with Gasteiger partial charge in [-0.2, -0.15) is 5.26 Å². The average molecular weight is 328 g/mol. The van der Waals surface area contributed by atoms with Gasteiger partial charge in [0.15, 0.2) is 0 Å². The molecule has 0 saturated carbocycles. The summed E-state index contributed by atoms with van der Waals surface area (Å²) >= 11 is 0. The van der Waals surface area contributed by atoms with Crippen molar-refractivity contribution in [2.24, 2.45) is 0 Å². The monoisotopic (exact) mass is 328 g/mol. The van der Waals surface area contributed by atoms with Crippen molar-refractivity contribution in [3.05, 3.63) is 77.4 Å². The molecule has 0 aliphatic heterocycles. The topological polar surface area (TPSA) is 44.1 Å². The zero-order valence-corrected chi connectivity index (χ0v) is 14.5. The molecule has 0 aliphatic rings. The minimum atomic E-state index is -0.0794. The van der Waals surface area contributed by atoms with Gasteiger partial charge in [-0.25, -0.2) is 0 Å². The molecular weight excluding hydrogens is 308 g/mol. The molecular formula is C22H20N2O. The van der Waals surface area contributed by atoms with Crippen molar-refractivity contribution in [3.63, 3.8) is 0 Å². The molecule has 0 N–H and O–H groups in total. The maximum Gasteiger partial charge on any atom is 0.258 e. The Morgan fingerprint density at radius 1 is 0.960 bits per heavy atom. The number of hydrogen-bond donors (Lipinski definition) is 0. The largest absolute Gasteiger partial charge is 0.307 e. The fourth-order valence-corrected chi connectivity index (χ4v) is 2.88. The van der Waals surface area contributed by atoms with E-state index in [1.165, 1.54) is 5.56 Å². The molecule has 0 atom stereocenters. The summed E-state index contributed by atoms with van der Waals surface area (Å²) in [5.41, 5.74) is 3.78. The Balaban J connectivity index is 2.00. The Bertz CT molecular complexity index is 969. The summed E-state index contributed by atoms with van der Waals surface area (Å²) in [6.45, 7) is 4.45. The number of aryl methyl sites for hydroxylation is 2. The molecule has 3 heteroatoms. The summed E-state index contributed by atoms with van der Waals surface area (Å²) in [6.07, 6.45) is 0.298. The van der Waals surface area contributed by atoms with Gasteiger partial charge in [-0.15, -0.1) is 0 Å². The van der Waals surface area contributed by atoms with E-state index in [0.717, 1.165) is 22.0 Å². The van der Waals surface area contributed by atoms with Crippen LogP contribution in [0.4, 0.5) is 5.69 Å². The number of hydrogen-bond acceptors (Lipinski definition) is 2. The third kappa shape index (κ3) is 3.54. The van der Waals surface area contributed by atoms with Crippen molar-refractivity contribution in [1.82, 2.24) is 0 Å². The molecule has 0 spiro atoms. The van der Waals surface area contributed by atoms with Crippen molar-refractivity contribution in [1.29, 1.82) is 5.26 Å². The van der Waals surface area contributed by atoms with Gasteiger partial charge in [0.25, 0.3) is 5.91 Å². The summed E-state index contributed by atoms with van der Waals surface area (Å²) in [5.74, 6) is -0.0794. The third-order valence-corrected chi connectivity index (χ3v) is 4.49. The zero-order chi connectivity index (χ0) is 17.8. The second kappa shape index (κ2) is 7.19. The van der Waals surface area contributed by atoms with Gasteiger partial charge < -0.3 is 4.90 Å². The quantitative estimate of drug-likeness (QED) is 0.675. The van der Waals surface area contributed by atoms with Gasteiger partial charge in [0, 0.05) is 17.8 Å². The van der Waals surface area contributed by atoms with E-state index in [1.807, 2.05) is 74.5 Å². The lowest BCUT2D eigenvalue weighted by molar-refractivity contribution is 0.0987. The lowest BCUT2D eigenvalue weighted by atomic mass is 10.0. The zero-order valence-electron chi connectivity index (χ0n) is 14.5. The number of carbonyl (C=O) groups excluding carboxylic acids is 1. The predicted octanol–water partition coefficient (Wildman–Crippen LogP) is 5.02. The first-order chi connectivity index (χ1) is 12.1. The molecule has 3 aromatic carbocycles. The molecule has 3 aromatic rings. The number of carbonyl (C=O) groups is 1. The maximum absolute atomic E-state index is 13.1. The number of nitriles is 1. The molecule has 0 heterocycles. The van der Waals surface area contributed by atoms with E-state index >= 15 is 0 Å². The molecule has 3 rings (SSSR count). The van der Waals surface area contributed by atoms with Crippen LogP contribution in [0.5, 0.6) is 0 Å². The van der Waals surface area contributed by atoms with Crippen LogP contribution in [-0.4, -0.2) is 12.5 Å². The highest BCUT2D eigenvalue weighted by Crippen LogP contribution is 2.23. The first-order valence-electron chi connectivity index (χ1n) is 8.35. The standard InChI is InChI=1S/C22H20N2O/c1-16-8-11-21(14-17(16)2)24(13-5-12-23)22(25)20-10-9-18-6-3-4-7-19(18)15-20/h3-4,6-11,14-15H,5,13H2,1-2H3. The van der Waals surface area contributed by atoms with Crippen LogP contribution in [0.3, 0.4) is 0 Å². The van der Waals surface area contributed by atoms with Crippen LogP contribution < -0.4 is 4.90 Å². The van der Waals surface area contributed by atoms with Gasteiger partial charge in [0.2, 0.25) is 0 Å². The molecule has 0 unspecified atom stereocenters. The number of fused-ring (bicyclic) bond motifs is 1. The smallest absolute Gasteiger partial charge is 0.258 e. The summed E-state index contributed by atoms with van der Waals surface area (Å²) < 4.78 is 0. The van der Waals surface area contributed by atoms with E-state index in [4.69, 9.17) is 5.26 Å². The second-order valence-electron chi connectivity index (χ2n) is 6.20. The summed E-state index contributed by atoms with van der Waals surface area (Å²) in [7, 11) is 0. The van der Waals surface area contributed by atoms with E-state index in [-0.39, 0.29) is 5.91 Å². The number of benzene rings is 3. The van der Waals surface area contributed by atoms with Crippen molar-refractivity contribution < 1.29 is 4.79 Å². The van der Waals surface area contributed by atoms with Crippen LogP contribution in [0.15, 0.2) is 60.7 Å². The Morgan fingerprint density at radius 3 is 2.44 bits per heavy atom. The molecule has 0 bridgehead atoms. The highest BCUT2D eigenvalue weighted by molar-refractivity contribution is 6.08. The Morgan fingerprint density at radius 2 is 1.72 bits per heavy atom. The highest BCUT2D eigenvalue weighted by atomic mass is 16.2. The molecule has 25 heavy (non-hydrogen) atoms. The minimum Gasteiger partial charge on any atom is -0.307 e. The summed E-state index contributed by atoms with van der Waals surface area (Å²) in [4.78, 5) is 14.8. The average Bonchev–Trinajstić information content (AvgIpc) is 2.64. The van der Waals surface area contributed by atoms with Gasteiger partial charge in [-0.1, -0.05) is 36.4 Å². The van der Waals surface area contributed by atoms with E-state index in [1.54, 1.807) is 4.90 Å². The van der Waals surface area contributed by atoms with E-state index < -0.39 is 0 Å².